The van der Waals surface area contributed by atoms with Crippen molar-refractivity contribution in [3.8, 4) is 5.75 Å². The predicted octanol–water partition coefficient (Wildman–Crippen LogP) is 1.04. The second-order valence-electron chi connectivity index (χ2n) is 3.08. The summed E-state index contributed by atoms with van der Waals surface area (Å²) in [6.45, 7) is -0.550. The largest absolute Gasteiger partial charge is 0.481 e. The van der Waals surface area contributed by atoms with Crippen LogP contribution in [0.4, 0.5) is 5.69 Å². The summed E-state index contributed by atoms with van der Waals surface area (Å²) in [7, 11) is 1.31. The van der Waals surface area contributed by atoms with Crippen molar-refractivity contribution in [1.29, 1.82) is 0 Å². The number of carbonyl (C=O) groups is 1. The quantitative estimate of drug-likeness (QED) is 0.461. The minimum atomic E-state index is -1.15. The first-order valence-electron chi connectivity index (χ1n) is 4.74. The third-order valence-electron chi connectivity index (χ3n) is 1.85. The number of carboxylic acids is 1. The summed E-state index contributed by atoms with van der Waals surface area (Å²) in [5, 5.41) is 22.5. The van der Waals surface area contributed by atoms with Crippen LogP contribution in [0.5, 0.6) is 5.75 Å². The monoisotopic (exact) mass is 254 g/mol. The molecule has 18 heavy (non-hydrogen) atoms. The highest BCUT2D eigenvalue weighted by atomic mass is 16.6. The third-order valence-corrected chi connectivity index (χ3v) is 1.85. The first-order valence-corrected chi connectivity index (χ1v) is 4.74. The summed E-state index contributed by atoms with van der Waals surface area (Å²) in [6.07, 6.45) is 1.20. The van der Waals surface area contributed by atoms with Gasteiger partial charge in [-0.2, -0.15) is 0 Å². The first kappa shape index (κ1) is 13.4. The number of hydrogen-bond donors (Lipinski definition) is 1. The average molecular weight is 254 g/mol. The summed E-state index contributed by atoms with van der Waals surface area (Å²) in [5.74, 6) is -0.980. The maximum Gasteiger partial charge on any atom is 0.341 e. The molecule has 0 radical (unpaired) electrons. The molecule has 0 heterocycles. The molecule has 1 rings (SSSR count). The molecule has 8 heteroatoms. The Morgan fingerprint density at radius 3 is 2.89 bits per heavy atom. The molecule has 0 aromatic heterocycles. The maximum atomic E-state index is 10.6. The summed E-state index contributed by atoms with van der Waals surface area (Å²) in [4.78, 5) is 24.9. The van der Waals surface area contributed by atoms with Gasteiger partial charge in [-0.15, -0.1) is 0 Å². The Morgan fingerprint density at radius 2 is 2.33 bits per heavy atom. The van der Waals surface area contributed by atoms with Crippen LogP contribution in [0.2, 0.25) is 0 Å². The normalized spacial score (nSPS) is 10.3. The lowest BCUT2D eigenvalue weighted by molar-refractivity contribution is -0.384. The number of nitro groups is 1. The molecule has 0 aliphatic carbocycles. The van der Waals surface area contributed by atoms with Gasteiger partial charge in [-0.05, 0) is 6.07 Å². The molecular weight excluding hydrogens is 244 g/mol. The number of rotatable bonds is 6. The van der Waals surface area contributed by atoms with Crippen molar-refractivity contribution in [3.63, 3.8) is 0 Å². The van der Waals surface area contributed by atoms with Gasteiger partial charge in [-0.3, -0.25) is 10.1 Å². The van der Waals surface area contributed by atoms with E-state index in [9.17, 15) is 14.9 Å². The Balaban J connectivity index is 3.04. The minimum absolute atomic E-state index is 0.157. The number of oxime groups is 1. The highest BCUT2D eigenvalue weighted by Gasteiger charge is 2.11. The van der Waals surface area contributed by atoms with Crippen molar-refractivity contribution in [2.75, 3.05) is 13.7 Å². The first-order chi connectivity index (χ1) is 8.54. The Kier molecular flexibility index (Phi) is 4.61. The van der Waals surface area contributed by atoms with Crippen LogP contribution < -0.4 is 4.74 Å². The average Bonchev–Trinajstić information content (AvgIpc) is 2.33. The van der Waals surface area contributed by atoms with Crippen molar-refractivity contribution in [2.45, 2.75) is 0 Å². The SMILES string of the molecule is CON=Cc1cc([N+](=O)[O-])ccc1OCC(=O)O. The predicted molar refractivity (Wildman–Crippen MR) is 60.8 cm³/mol. The molecule has 0 fully saturated rings. The smallest absolute Gasteiger partial charge is 0.341 e. The second kappa shape index (κ2) is 6.18. The van der Waals surface area contributed by atoms with Crippen LogP contribution in [0.3, 0.4) is 0 Å². The van der Waals surface area contributed by atoms with Crippen LogP contribution >= 0.6 is 0 Å². The fourth-order valence-corrected chi connectivity index (χ4v) is 1.13. The number of hydrogen-bond acceptors (Lipinski definition) is 6. The highest BCUT2D eigenvalue weighted by molar-refractivity contribution is 5.84. The Labute approximate surface area is 102 Å². The number of benzene rings is 1. The Bertz CT molecular complexity index is 485. The number of non-ortho nitro benzene ring substituents is 1. The van der Waals surface area contributed by atoms with Gasteiger partial charge in [0.15, 0.2) is 6.61 Å². The minimum Gasteiger partial charge on any atom is -0.481 e. The van der Waals surface area contributed by atoms with Crippen molar-refractivity contribution >= 4 is 17.9 Å². The molecule has 0 aliphatic heterocycles. The third kappa shape index (κ3) is 3.74. The van der Waals surface area contributed by atoms with Crippen molar-refractivity contribution < 1.29 is 24.4 Å². The van der Waals surface area contributed by atoms with Crippen LogP contribution in [0.1, 0.15) is 5.56 Å². The maximum absolute atomic E-state index is 10.6. The topological polar surface area (TPSA) is 111 Å². The van der Waals surface area contributed by atoms with Crippen molar-refractivity contribution in [3.05, 3.63) is 33.9 Å². The fraction of sp³-hybridized carbons (Fsp3) is 0.200. The molecule has 0 unspecified atom stereocenters. The molecule has 1 aromatic rings. The molecular formula is C10H10N2O6. The lowest BCUT2D eigenvalue weighted by atomic mass is 10.2. The molecule has 1 aromatic carbocycles. The van der Waals surface area contributed by atoms with E-state index in [-0.39, 0.29) is 17.0 Å². The van der Waals surface area contributed by atoms with E-state index in [4.69, 9.17) is 9.84 Å². The Hall–Kier alpha value is -2.64. The zero-order valence-electron chi connectivity index (χ0n) is 9.40. The van der Waals surface area contributed by atoms with Gasteiger partial charge >= 0.3 is 5.97 Å². The zero-order valence-corrected chi connectivity index (χ0v) is 9.40. The van der Waals surface area contributed by atoms with Gasteiger partial charge in [-0.25, -0.2) is 4.79 Å². The van der Waals surface area contributed by atoms with Gasteiger partial charge in [-0.1, -0.05) is 5.16 Å². The van der Waals surface area contributed by atoms with Gasteiger partial charge in [0.1, 0.15) is 12.9 Å². The number of nitrogens with zero attached hydrogens (tertiary/aromatic N) is 2. The highest BCUT2D eigenvalue weighted by Crippen LogP contribution is 2.22. The molecule has 96 valence electrons. The van der Waals surface area contributed by atoms with Gasteiger partial charge in [0.2, 0.25) is 0 Å². The van der Waals surface area contributed by atoms with E-state index in [0.717, 1.165) is 0 Å². The van der Waals surface area contributed by atoms with Gasteiger partial charge in [0.05, 0.1) is 11.1 Å². The van der Waals surface area contributed by atoms with Crippen molar-refractivity contribution in [1.82, 2.24) is 0 Å². The molecule has 0 spiro atoms. The van der Waals surface area contributed by atoms with Crippen LogP contribution in [0.25, 0.3) is 0 Å². The molecule has 0 saturated carbocycles. The van der Waals surface area contributed by atoms with E-state index >= 15 is 0 Å². The summed E-state index contributed by atoms with van der Waals surface area (Å²) in [5.41, 5.74) is 0.0996. The molecule has 8 nitrogen and oxygen atoms in total. The van der Waals surface area contributed by atoms with E-state index in [2.05, 4.69) is 9.99 Å². The van der Waals surface area contributed by atoms with Crippen LogP contribution in [0.15, 0.2) is 23.4 Å². The number of nitro benzene ring substituents is 1. The van der Waals surface area contributed by atoms with E-state index in [0.29, 0.717) is 0 Å². The molecule has 0 amide bonds. The lowest BCUT2D eigenvalue weighted by Gasteiger charge is -2.06. The zero-order chi connectivity index (χ0) is 13.5. The van der Waals surface area contributed by atoms with Crippen LogP contribution in [0, 0.1) is 10.1 Å². The van der Waals surface area contributed by atoms with Crippen LogP contribution in [-0.2, 0) is 9.63 Å². The molecule has 1 N–H and O–H groups in total. The molecule has 0 aliphatic rings. The van der Waals surface area contributed by atoms with Gasteiger partial charge in [0, 0.05) is 17.7 Å². The van der Waals surface area contributed by atoms with Gasteiger partial charge in [0.25, 0.3) is 5.69 Å². The standard InChI is InChI=1S/C10H10N2O6/c1-17-11-5-7-4-8(12(15)16)2-3-9(7)18-6-10(13)14/h2-5H,6H2,1H3,(H,13,14). The van der Waals surface area contributed by atoms with E-state index in [1.165, 1.54) is 31.5 Å². The number of ether oxygens (including phenoxy) is 1. The number of carboxylic acid groups (broad SMARTS) is 1. The molecule has 0 saturated heterocycles. The summed E-state index contributed by atoms with van der Waals surface area (Å²) in [6, 6.07) is 3.72. The molecule has 0 atom stereocenters. The summed E-state index contributed by atoms with van der Waals surface area (Å²) >= 11 is 0. The lowest BCUT2D eigenvalue weighted by Crippen LogP contribution is -2.10. The van der Waals surface area contributed by atoms with E-state index in [1.807, 2.05) is 0 Å². The molecule has 0 bridgehead atoms. The number of aliphatic carboxylic acids is 1. The van der Waals surface area contributed by atoms with Gasteiger partial charge < -0.3 is 14.7 Å². The fourth-order valence-electron chi connectivity index (χ4n) is 1.13. The van der Waals surface area contributed by atoms with Crippen LogP contribution in [-0.4, -0.2) is 35.9 Å². The second-order valence-corrected chi connectivity index (χ2v) is 3.08. The van der Waals surface area contributed by atoms with Crippen molar-refractivity contribution in [2.24, 2.45) is 5.16 Å². The Morgan fingerprint density at radius 1 is 1.61 bits per heavy atom. The van der Waals surface area contributed by atoms with E-state index < -0.39 is 17.5 Å². The van der Waals surface area contributed by atoms with E-state index in [1.54, 1.807) is 0 Å². The summed E-state index contributed by atoms with van der Waals surface area (Å²) < 4.78 is 4.96.